The first kappa shape index (κ1) is 6.95. The highest BCUT2D eigenvalue weighted by Crippen LogP contribution is 2.54. The predicted molar refractivity (Wildman–Crippen MR) is 34.6 cm³/mol. The number of rotatable bonds is 1. The molecule has 0 saturated carbocycles. The fourth-order valence-corrected chi connectivity index (χ4v) is 1.81. The van der Waals surface area contributed by atoms with Crippen molar-refractivity contribution in [2.24, 2.45) is 0 Å². The van der Waals surface area contributed by atoms with E-state index in [1.54, 1.807) is 0 Å². The maximum atomic E-state index is 10.7. The van der Waals surface area contributed by atoms with Crippen molar-refractivity contribution < 1.29 is 16.5 Å². The lowest BCUT2D eigenvalue weighted by molar-refractivity contribution is 0.294. The van der Waals surface area contributed by atoms with Crippen LogP contribution in [0.4, 0.5) is 0 Å². The molecule has 0 atom stereocenters. The summed E-state index contributed by atoms with van der Waals surface area (Å²) < 4.78 is 24.3. The fourth-order valence-electron chi connectivity index (χ4n) is 0.375. The molecule has 48 valence electrons. The van der Waals surface area contributed by atoms with E-state index >= 15 is 0 Å². The molecule has 0 aromatic rings. The minimum Gasteiger partial charge on any atom is -0.284 e. The molecule has 1 heterocycles. The van der Waals surface area contributed by atoms with Gasteiger partial charge in [-0.25, -0.2) is 7.42 Å². The van der Waals surface area contributed by atoms with Gasteiger partial charge in [-0.05, 0) is 0 Å². The molecule has 0 bridgehead atoms. The SMILES string of the molecule is O=P1(OI)OCCO1. The maximum absolute atomic E-state index is 10.7. The second kappa shape index (κ2) is 2.62. The summed E-state index contributed by atoms with van der Waals surface area (Å²) in [6, 6.07) is 0. The standard InChI is InChI=1S/C2H4IO4P/c3-7-8(4)5-1-2-6-8/h1-2H2. The molecular weight excluding hydrogens is 246 g/mol. The molecule has 0 unspecified atom stereocenters. The van der Waals surface area contributed by atoms with Gasteiger partial charge in [0.2, 0.25) is 0 Å². The normalized spacial score (nSPS) is 26.1. The Hall–Kier alpha value is 0.840. The molecule has 0 spiro atoms. The van der Waals surface area contributed by atoms with Gasteiger partial charge in [-0.15, -0.1) is 0 Å². The lowest BCUT2D eigenvalue weighted by Gasteiger charge is -2.00. The van der Waals surface area contributed by atoms with Crippen LogP contribution in [0.3, 0.4) is 0 Å². The van der Waals surface area contributed by atoms with E-state index in [2.05, 4.69) is 11.9 Å². The van der Waals surface area contributed by atoms with E-state index in [9.17, 15) is 4.57 Å². The van der Waals surface area contributed by atoms with Gasteiger partial charge in [-0.3, -0.25) is 9.05 Å². The third-order valence-electron chi connectivity index (χ3n) is 0.667. The minimum absolute atomic E-state index is 0.361. The Morgan fingerprint density at radius 3 is 2.25 bits per heavy atom. The molecule has 0 aromatic heterocycles. The zero-order chi connectivity index (χ0) is 6.04. The summed E-state index contributed by atoms with van der Waals surface area (Å²) in [7, 11) is -3.06. The second-order valence-electron chi connectivity index (χ2n) is 1.18. The number of hydrogen-bond acceptors (Lipinski definition) is 4. The summed E-state index contributed by atoms with van der Waals surface area (Å²) in [5, 5.41) is 0. The van der Waals surface area contributed by atoms with Crippen molar-refractivity contribution in [1.29, 1.82) is 0 Å². The van der Waals surface area contributed by atoms with Crippen LogP contribution in [0.25, 0.3) is 0 Å². The van der Waals surface area contributed by atoms with E-state index in [0.717, 1.165) is 0 Å². The summed E-state index contributed by atoms with van der Waals surface area (Å²) in [6.45, 7) is 0.723. The lowest BCUT2D eigenvalue weighted by atomic mass is 10.8. The van der Waals surface area contributed by atoms with Crippen LogP contribution >= 0.6 is 30.8 Å². The highest BCUT2D eigenvalue weighted by Gasteiger charge is 2.30. The molecule has 0 amide bonds. The second-order valence-corrected chi connectivity index (χ2v) is 3.91. The largest absolute Gasteiger partial charge is 0.484 e. The van der Waals surface area contributed by atoms with Gasteiger partial charge in [0.25, 0.3) is 0 Å². The Kier molecular flexibility index (Phi) is 2.27. The molecular formula is C2H4IO4P. The summed E-state index contributed by atoms with van der Waals surface area (Å²) >= 11 is 1.49. The molecule has 1 aliphatic heterocycles. The number of phosphoric acid groups is 1. The minimum atomic E-state index is -3.06. The summed E-state index contributed by atoms with van der Waals surface area (Å²) in [5.74, 6) is 0. The monoisotopic (exact) mass is 250 g/mol. The Balaban J connectivity index is 2.53. The van der Waals surface area contributed by atoms with Crippen molar-refractivity contribution in [3.05, 3.63) is 0 Å². The average molecular weight is 250 g/mol. The molecule has 1 rings (SSSR count). The van der Waals surface area contributed by atoms with Crippen LogP contribution < -0.4 is 0 Å². The lowest BCUT2D eigenvalue weighted by Crippen LogP contribution is -1.79. The molecule has 0 N–H and O–H groups in total. The van der Waals surface area contributed by atoms with E-state index in [1.165, 1.54) is 23.0 Å². The quantitative estimate of drug-likeness (QED) is 0.522. The molecule has 1 aliphatic rings. The third kappa shape index (κ3) is 1.41. The number of hydrogen-bond donors (Lipinski definition) is 0. The van der Waals surface area contributed by atoms with Crippen molar-refractivity contribution in [3.63, 3.8) is 0 Å². The first-order chi connectivity index (χ1) is 3.77. The zero-order valence-corrected chi connectivity index (χ0v) is 6.92. The van der Waals surface area contributed by atoms with Crippen molar-refractivity contribution in [3.8, 4) is 0 Å². The Bertz CT molecular complexity index is 115. The summed E-state index contributed by atoms with van der Waals surface area (Å²) in [6.07, 6.45) is 0. The van der Waals surface area contributed by atoms with Gasteiger partial charge in [0.1, 0.15) is 23.0 Å². The van der Waals surface area contributed by atoms with E-state index in [1.807, 2.05) is 0 Å². The average Bonchev–Trinajstić information content (AvgIpc) is 2.17. The van der Waals surface area contributed by atoms with Crippen molar-refractivity contribution in [2.45, 2.75) is 0 Å². The first-order valence-corrected chi connectivity index (χ1v) is 4.30. The molecule has 4 nitrogen and oxygen atoms in total. The van der Waals surface area contributed by atoms with Gasteiger partial charge in [0, 0.05) is 0 Å². The van der Waals surface area contributed by atoms with Gasteiger partial charge in [-0.2, -0.15) is 0 Å². The zero-order valence-electron chi connectivity index (χ0n) is 3.87. The van der Waals surface area contributed by atoms with Gasteiger partial charge < -0.3 is 0 Å². The van der Waals surface area contributed by atoms with Gasteiger partial charge in [0.15, 0.2) is 0 Å². The highest BCUT2D eigenvalue weighted by molar-refractivity contribution is 14.1. The third-order valence-corrected chi connectivity index (χ3v) is 3.28. The molecule has 1 saturated heterocycles. The van der Waals surface area contributed by atoms with Crippen LogP contribution in [0.2, 0.25) is 0 Å². The van der Waals surface area contributed by atoms with Crippen molar-refractivity contribution >= 4 is 30.8 Å². The molecule has 0 radical (unpaired) electrons. The highest BCUT2D eigenvalue weighted by atomic mass is 127. The van der Waals surface area contributed by atoms with Crippen molar-refractivity contribution in [2.75, 3.05) is 13.2 Å². The van der Waals surface area contributed by atoms with E-state index in [0.29, 0.717) is 13.2 Å². The fraction of sp³-hybridized carbons (Fsp3) is 1.00. The van der Waals surface area contributed by atoms with Gasteiger partial charge >= 0.3 is 7.82 Å². The first-order valence-electron chi connectivity index (χ1n) is 1.96. The van der Waals surface area contributed by atoms with Crippen LogP contribution in [0.1, 0.15) is 0 Å². The molecule has 6 heteroatoms. The molecule has 0 aromatic carbocycles. The predicted octanol–water partition coefficient (Wildman–Crippen LogP) is 1.51. The Morgan fingerprint density at radius 2 is 2.00 bits per heavy atom. The number of halogens is 1. The maximum Gasteiger partial charge on any atom is 0.484 e. The topological polar surface area (TPSA) is 44.8 Å². The Labute approximate surface area is 60.8 Å². The van der Waals surface area contributed by atoms with Crippen LogP contribution in [-0.4, -0.2) is 13.2 Å². The number of phosphoric ester groups is 1. The van der Waals surface area contributed by atoms with E-state index in [-0.39, 0.29) is 0 Å². The molecule has 8 heavy (non-hydrogen) atoms. The van der Waals surface area contributed by atoms with Gasteiger partial charge in [-0.1, -0.05) is 0 Å². The summed E-state index contributed by atoms with van der Waals surface area (Å²) in [5.41, 5.74) is 0. The van der Waals surface area contributed by atoms with E-state index in [4.69, 9.17) is 0 Å². The summed E-state index contributed by atoms with van der Waals surface area (Å²) in [4.78, 5) is 0. The van der Waals surface area contributed by atoms with Crippen LogP contribution in [0.15, 0.2) is 0 Å². The Morgan fingerprint density at radius 1 is 1.50 bits per heavy atom. The van der Waals surface area contributed by atoms with Crippen molar-refractivity contribution in [1.82, 2.24) is 0 Å². The van der Waals surface area contributed by atoms with Crippen LogP contribution in [-0.2, 0) is 16.5 Å². The van der Waals surface area contributed by atoms with Gasteiger partial charge in [0.05, 0.1) is 13.2 Å². The van der Waals surface area contributed by atoms with Crippen LogP contribution in [0, 0.1) is 0 Å². The smallest absolute Gasteiger partial charge is 0.284 e. The molecule has 0 aliphatic carbocycles. The van der Waals surface area contributed by atoms with Crippen LogP contribution in [0.5, 0.6) is 0 Å². The van der Waals surface area contributed by atoms with E-state index < -0.39 is 7.82 Å². The molecule has 1 fully saturated rings.